The number of aryl methyl sites for hydroxylation is 2. The molecule has 3 fully saturated rings. The number of fused-ring (bicyclic) bond motifs is 4. The smallest absolute Gasteiger partial charge is 0.410 e. The summed E-state index contributed by atoms with van der Waals surface area (Å²) in [5.41, 5.74) is 2.87. The number of nitrogens with zero attached hydrogens (tertiary/aromatic N) is 3. The van der Waals surface area contributed by atoms with Gasteiger partial charge in [-0.2, -0.15) is 0 Å². The van der Waals surface area contributed by atoms with Gasteiger partial charge in [-0.25, -0.2) is 4.79 Å². The summed E-state index contributed by atoms with van der Waals surface area (Å²) >= 11 is 0. The van der Waals surface area contributed by atoms with Gasteiger partial charge >= 0.3 is 6.09 Å². The fourth-order valence-electron chi connectivity index (χ4n) is 3.87. The van der Waals surface area contributed by atoms with E-state index < -0.39 is 0 Å². The lowest BCUT2D eigenvalue weighted by atomic mass is 10.0. The Labute approximate surface area is 147 Å². The average molecular weight is 341 g/mol. The van der Waals surface area contributed by atoms with Crippen LogP contribution in [0.5, 0.6) is 5.75 Å². The maximum absolute atomic E-state index is 12.6. The van der Waals surface area contributed by atoms with Gasteiger partial charge in [-0.15, -0.1) is 0 Å². The van der Waals surface area contributed by atoms with Crippen LogP contribution in [0.2, 0.25) is 0 Å². The van der Waals surface area contributed by atoms with Crippen LogP contribution in [0.4, 0.5) is 4.79 Å². The summed E-state index contributed by atoms with van der Waals surface area (Å²) in [6.45, 7) is 7.68. The largest absolute Gasteiger partial charge is 0.415 e. The van der Waals surface area contributed by atoms with E-state index in [1.54, 1.807) is 0 Å². The number of hydrogen-bond donors (Lipinski definition) is 0. The van der Waals surface area contributed by atoms with E-state index >= 15 is 0 Å². The van der Waals surface area contributed by atoms with Crippen LogP contribution in [0, 0.1) is 13.8 Å². The van der Waals surface area contributed by atoms with Crippen molar-refractivity contribution in [1.29, 1.82) is 0 Å². The summed E-state index contributed by atoms with van der Waals surface area (Å²) in [6.07, 6.45) is 1.85. The topological polar surface area (TPSA) is 58.8 Å². The SMILES string of the molecule is Cc1noc(C)c1-c1ccc(OC(=O)N2CCN3CCC2CC3)cc1. The first-order valence-electron chi connectivity index (χ1n) is 8.86. The molecular formula is C19H23N3O3. The van der Waals surface area contributed by atoms with Crippen molar-refractivity contribution >= 4 is 6.09 Å². The molecule has 0 radical (unpaired) electrons. The normalized spacial score (nSPS) is 22.7. The van der Waals surface area contributed by atoms with Crippen molar-refractivity contribution in [1.82, 2.24) is 15.0 Å². The second-order valence-corrected chi connectivity index (χ2v) is 6.86. The van der Waals surface area contributed by atoms with Crippen molar-refractivity contribution in [3.05, 3.63) is 35.7 Å². The zero-order chi connectivity index (χ0) is 17.4. The number of aromatic nitrogens is 1. The van der Waals surface area contributed by atoms with Gasteiger partial charge in [-0.1, -0.05) is 17.3 Å². The molecule has 3 aliphatic heterocycles. The zero-order valence-electron chi connectivity index (χ0n) is 14.7. The maximum atomic E-state index is 12.6. The Morgan fingerprint density at radius 2 is 1.84 bits per heavy atom. The summed E-state index contributed by atoms with van der Waals surface area (Å²) in [7, 11) is 0. The molecule has 1 aromatic heterocycles. The Hall–Kier alpha value is -2.34. The third kappa shape index (κ3) is 3.14. The van der Waals surface area contributed by atoms with Crippen molar-refractivity contribution in [3.8, 4) is 16.9 Å². The van der Waals surface area contributed by atoms with Crippen LogP contribution in [0.25, 0.3) is 11.1 Å². The molecule has 2 bridgehead atoms. The first kappa shape index (κ1) is 16.1. The van der Waals surface area contributed by atoms with E-state index in [1.165, 1.54) is 0 Å². The molecule has 25 heavy (non-hydrogen) atoms. The Bertz CT molecular complexity index is 741. The number of rotatable bonds is 2. The number of hydrogen-bond acceptors (Lipinski definition) is 5. The van der Waals surface area contributed by atoms with E-state index in [0.717, 1.165) is 61.6 Å². The highest BCUT2D eigenvalue weighted by Crippen LogP contribution is 2.29. The molecule has 0 atom stereocenters. The molecule has 1 amide bonds. The van der Waals surface area contributed by atoms with Gasteiger partial charge in [-0.3, -0.25) is 0 Å². The van der Waals surface area contributed by atoms with Crippen LogP contribution >= 0.6 is 0 Å². The molecule has 6 heteroatoms. The van der Waals surface area contributed by atoms with E-state index in [2.05, 4.69) is 10.1 Å². The lowest BCUT2D eigenvalue weighted by molar-refractivity contribution is 0.131. The second kappa shape index (κ2) is 6.52. The molecule has 0 saturated carbocycles. The number of carbonyl (C=O) groups is 1. The average Bonchev–Trinajstić information content (AvgIpc) is 2.81. The third-order valence-corrected chi connectivity index (χ3v) is 5.27. The summed E-state index contributed by atoms with van der Waals surface area (Å²) in [5, 5.41) is 3.98. The maximum Gasteiger partial charge on any atom is 0.415 e. The van der Waals surface area contributed by atoms with Gasteiger partial charge < -0.3 is 19.1 Å². The van der Waals surface area contributed by atoms with Crippen molar-refractivity contribution in [2.75, 3.05) is 26.2 Å². The highest BCUT2D eigenvalue weighted by Gasteiger charge is 2.32. The molecule has 132 valence electrons. The molecule has 5 rings (SSSR count). The standard InChI is InChI=1S/C19H23N3O3/c1-13-18(14(2)25-20-13)15-3-5-17(6-4-15)24-19(23)22-12-11-21-9-7-16(22)8-10-21/h3-6,16H,7-12H2,1-2H3. The molecular weight excluding hydrogens is 318 g/mol. The fraction of sp³-hybridized carbons (Fsp3) is 0.474. The highest BCUT2D eigenvalue weighted by atomic mass is 16.6. The van der Waals surface area contributed by atoms with E-state index in [0.29, 0.717) is 11.8 Å². The monoisotopic (exact) mass is 341 g/mol. The van der Waals surface area contributed by atoms with Crippen LogP contribution in [0.3, 0.4) is 0 Å². The first-order valence-corrected chi connectivity index (χ1v) is 8.86. The quantitative estimate of drug-likeness (QED) is 0.839. The van der Waals surface area contributed by atoms with E-state index in [1.807, 2.05) is 43.0 Å². The number of benzene rings is 1. The molecule has 3 aliphatic rings. The summed E-state index contributed by atoms with van der Waals surface area (Å²) in [5.74, 6) is 1.36. The Morgan fingerprint density at radius 3 is 2.48 bits per heavy atom. The Kier molecular flexibility index (Phi) is 4.21. The lowest BCUT2D eigenvalue weighted by Gasteiger charge is -2.30. The highest BCUT2D eigenvalue weighted by molar-refractivity contribution is 5.72. The van der Waals surface area contributed by atoms with Gasteiger partial charge in [0.1, 0.15) is 11.5 Å². The van der Waals surface area contributed by atoms with E-state index in [4.69, 9.17) is 9.26 Å². The van der Waals surface area contributed by atoms with Gasteiger partial charge in [0.15, 0.2) is 0 Å². The van der Waals surface area contributed by atoms with Crippen LogP contribution in [-0.2, 0) is 0 Å². The molecule has 4 heterocycles. The Balaban J connectivity index is 1.47. The molecule has 0 N–H and O–H groups in total. The van der Waals surface area contributed by atoms with Crippen LogP contribution in [0.1, 0.15) is 24.3 Å². The van der Waals surface area contributed by atoms with Gasteiger partial charge in [0.05, 0.1) is 5.69 Å². The number of carbonyl (C=O) groups excluding carboxylic acids is 1. The summed E-state index contributed by atoms with van der Waals surface area (Å²) in [4.78, 5) is 16.9. The van der Waals surface area contributed by atoms with Gasteiger partial charge in [0.25, 0.3) is 0 Å². The molecule has 0 aliphatic carbocycles. The predicted octanol–water partition coefficient (Wildman–Crippen LogP) is 3.24. The van der Waals surface area contributed by atoms with Crippen molar-refractivity contribution in [2.24, 2.45) is 0 Å². The van der Waals surface area contributed by atoms with E-state index in [-0.39, 0.29) is 6.09 Å². The van der Waals surface area contributed by atoms with Crippen LogP contribution in [-0.4, -0.2) is 53.3 Å². The fourth-order valence-corrected chi connectivity index (χ4v) is 3.87. The third-order valence-electron chi connectivity index (χ3n) is 5.27. The van der Waals surface area contributed by atoms with Gasteiger partial charge in [0, 0.05) is 37.8 Å². The van der Waals surface area contributed by atoms with Crippen molar-refractivity contribution in [3.63, 3.8) is 0 Å². The molecule has 2 aromatic rings. The Morgan fingerprint density at radius 1 is 1.12 bits per heavy atom. The summed E-state index contributed by atoms with van der Waals surface area (Å²) in [6, 6.07) is 7.85. The van der Waals surface area contributed by atoms with Gasteiger partial charge in [-0.05, 0) is 44.4 Å². The molecule has 0 unspecified atom stereocenters. The first-order chi connectivity index (χ1) is 12.1. The minimum atomic E-state index is -0.237. The zero-order valence-corrected chi connectivity index (χ0v) is 14.7. The molecule has 1 aromatic carbocycles. The number of ether oxygens (including phenoxy) is 1. The van der Waals surface area contributed by atoms with Crippen molar-refractivity contribution in [2.45, 2.75) is 32.7 Å². The number of amides is 1. The van der Waals surface area contributed by atoms with Crippen molar-refractivity contribution < 1.29 is 14.1 Å². The molecule has 3 saturated heterocycles. The van der Waals surface area contributed by atoms with Gasteiger partial charge in [0.2, 0.25) is 0 Å². The second-order valence-electron chi connectivity index (χ2n) is 6.86. The van der Waals surface area contributed by atoms with Crippen LogP contribution in [0.15, 0.2) is 28.8 Å². The molecule has 0 spiro atoms. The van der Waals surface area contributed by atoms with Crippen LogP contribution < -0.4 is 4.74 Å². The van der Waals surface area contributed by atoms with E-state index in [9.17, 15) is 4.79 Å². The minimum absolute atomic E-state index is 0.237. The lowest BCUT2D eigenvalue weighted by Crippen LogP contribution is -2.43. The number of piperidine rings is 1. The predicted molar refractivity (Wildman–Crippen MR) is 93.6 cm³/mol. The summed E-state index contributed by atoms with van der Waals surface area (Å²) < 4.78 is 10.8. The molecule has 6 nitrogen and oxygen atoms in total. The minimum Gasteiger partial charge on any atom is -0.410 e.